The van der Waals surface area contributed by atoms with E-state index in [-0.39, 0.29) is 17.7 Å². The van der Waals surface area contributed by atoms with Gasteiger partial charge < -0.3 is 23.7 Å². The summed E-state index contributed by atoms with van der Waals surface area (Å²) in [5, 5.41) is 0.648. The number of allylic oxidation sites excluding steroid dienone is 1. The summed E-state index contributed by atoms with van der Waals surface area (Å²) >= 11 is 10.8. The van der Waals surface area contributed by atoms with Gasteiger partial charge >= 0.3 is 5.97 Å². The zero-order valence-electron chi connectivity index (χ0n) is 25.9. The Morgan fingerprint density at radius 3 is 2.41 bits per heavy atom. The molecule has 3 aromatic carbocycles. The molecule has 240 valence electrons. The molecule has 0 bridgehead atoms. The molecule has 0 unspecified atom stereocenters. The normalized spacial score (nSPS) is 14.4. The highest BCUT2D eigenvalue weighted by molar-refractivity contribution is 9.10. The number of carbonyl (C=O) groups excluding carboxylic acids is 1. The summed E-state index contributed by atoms with van der Waals surface area (Å²) in [4.78, 5) is 32.5. The van der Waals surface area contributed by atoms with Crippen molar-refractivity contribution < 1.29 is 28.5 Å². The molecular formula is C34H32BrClN2O7S. The van der Waals surface area contributed by atoms with Crippen LogP contribution in [-0.4, -0.2) is 38.0 Å². The maximum absolute atomic E-state index is 14.1. The molecule has 0 spiro atoms. The fourth-order valence-electron chi connectivity index (χ4n) is 5.09. The molecule has 0 N–H and O–H groups in total. The van der Waals surface area contributed by atoms with Gasteiger partial charge in [0.05, 0.1) is 53.8 Å². The quantitative estimate of drug-likeness (QED) is 0.170. The number of ether oxygens (including phenoxy) is 5. The summed E-state index contributed by atoms with van der Waals surface area (Å²) in [6, 6.07) is 15.6. The van der Waals surface area contributed by atoms with Gasteiger partial charge in [-0.05, 0) is 95.9 Å². The number of aromatic nitrogens is 1. The van der Waals surface area contributed by atoms with Crippen molar-refractivity contribution in [2.75, 3.05) is 27.4 Å². The topological polar surface area (TPSA) is 97.6 Å². The zero-order valence-corrected chi connectivity index (χ0v) is 29.0. The van der Waals surface area contributed by atoms with Crippen molar-refractivity contribution in [3.8, 4) is 23.0 Å². The molecule has 46 heavy (non-hydrogen) atoms. The molecule has 4 aromatic rings. The van der Waals surface area contributed by atoms with E-state index in [9.17, 15) is 9.59 Å². The lowest BCUT2D eigenvalue weighted by atomic mass is 9.95. The average Bonchev–Trinajstić information content (AvgIpc) is 3.34. The Balaban J connectivity index is 1.60. The number of esters is 1. The molecule has 1 atom stereocenters. The molecule has 0 saturated carbocycles. The van der Waals surface area contributed by atoms with Gasteiger partial charge in [0.15, 0.2) is 27.8 Å². The third-order valence-corrected chi connectivity index (χ3v) is 8.99. The number of hydrogen-bond donors (Lipinski definition) is 0. The predicted octanol–water partition coefficient (Wildman–Crippen LogP) is 6.21. The first-order valence-electron chi connectivity index (χ1n) is 14.4. The molecule has 0 radical (unpaired) electrons. The molecule has 2 heterocycles. The van der Waals surface area contributed by atoms with E-state index in [4.69, 9.17) is 35.3 Å². The van der Waals surface area contributed by atoms with E-state index in [2.05, 4.69) is 20.9 Å². The van der Waals surface area contributed by atoms with E-state index in [0.29, 0.717) is 71.9 Å². The number of hydrogen-bond acceptors (Lipinski definition) is 9. The first kappa shape index (κ1) is 33.3. The van der Waals surface area contributed by atoms with E-state index >= 15 is 0 Å². The first-order valence-corrected chi connectivity index (χ1v) is 16.4. The maximum Gasteiger partial charge on any atom is 0.338 e. The van der Waals surface area contributed by atoms with E-state index < -0.39 is 12.0 Å². The van der Waals surface area contributed by atoms with E-state index in [1.165, 1.54) is 15.9 Å². The Morgan fingerprint density at radius 2 is 1.74 bits per heavy atom. The van der Waals surface area contributed by atoms with Crippen molar-refractivity contribution in [1.29, 1.82) is 0 Å². The first-order chi connectivity index (χ1) is 22.2. The smallest absolute Gasteiger partial charge is 0.338 e. The van der Waals surface area contributed by atoms with Gasteiger partial charge in [-0.15, -0.1) is 0 Å². The summed E-state index contributed by atoms with van der Waals surface area (Å²) in [5.41, 5.74) is 2.74. The zero-order chi connectivity index (χ0) is 33.0. The van der Waals surface area contributed by atoms with Crippen LogP contribution in [0.3, 0.4) is 0 Å². The van der Waals surface area contributed by atoms with Crippen molar-refractivity contribution in [3.05, 3.63) is 112 Å². The van der Waals surface area contributed by atoms with E-state index in [1.54, 1.807) is 64.5 Å². The summed E-state index contributed by atoms with van der Waals surface area (Å²) in [5.74, 6) is 1.51. The van der Waals surface area contributed by atoms with E-state index in [0.717, 1.165) is 5.56 Å². The highest BCUT2D eigenvalue weighted by atomic mass is 79.9. The second-order valence-corrected chi connectivity index (χ2v) is 12.4. The molecule has 1 aromatic heterocycles. The largest absolute Gasteiger partial charge is 0.493 e. The van der Waals surface area contributed by atoms with Crippen LogP contribution in [-0.2, 0) is 16.1 Å². The standard InChI is InChI=1S/C34H32BrClN2O7S/c1-6-43-26-17-22(10-13-25(26)41-4)30-29(33(40)44-7-2)19(3)37-34-38(30)32(39)28(46-34)16-21-14-24(35)31(27(15-21)42-5)45-18-20-8-11-23(36)12-9-20/h8-17,30H,6-7,18H2,1-5H3/b28-16-/t30-/m0/s1. The molecule has 0 saturated heterocycles. The Bertz CT molecular complexity index is 1990. The van der Waals surface area contributed by atoms with Crippen LogP contribution in [0.1, 0.15) is 43.5 Å². The van der Waals surface area contributed by atoms with Gasteiger partial charge in [0.2, 0.25) is 0 Å². The Hall–Kier alpha value is -4.06. The Kier molecular flexibility index (Phi) is 10.6. The van der Waals surface area contributed by atoms with Gasteiger partial charge in [-0.3, -0.25) is 9.36 Å². The Morgan fingerprint density at radius 1 is 1.00 bits per heavy atom. The van der Waals surface area contributed by atoms with Crippen LogP contribution < -0.4 is 33.8 Å². The summed E-state index contributed by atoms with van der Waals surface area (Å²) < 4.78 is 31.0. The monoisotopic (exact) mass is 726 g/mol. The minimum atomic E-state index is -0.799. The molecule has 12 heteroatoms. The van der Waals surface area contributed by atoms with Crippen LogP contribution in [0.5, 0.6) is 23.0 Å². The van der Waals surface area contributed by atoms with Crippen molar-refractivity contribution in [3.63, 3.8) is 0 Å². The fourth-order valence-corrected chi connectivity index (χ4v) is 6.84. The molecule has 1 aliphatic rings. The molecule has 1 aliphatic heterocycles. The van der Waals surface area contributed by atoms with Gasteiger partial charge in [0, 0.05) is 5.02 Å². The van der Waals surface area contributed by atoms with Crippen molar-refractivity contribution in [2.45, 2.75) is 33.4 Å². The lowest BCUT2D eigenvalue weighted by Gasteiger charge is -2.25. The van der Waals surface area contributed by atoms with Gasteiger partial charge in [-0.25, -0.2) is 9.79 Å². The number of carbonyl (C=O) groups is 1. The number of benzene rings is 3. The molecule has 0 amide bonds. The minimum Gasteiger partial charge on any atom is -0.493 e. The van der Waals surface area contributed by atoms with Gasteiger partial charge in [-0.2, -0.15) is 0 Å². The van der Waals surface area contributed by atoms with Crippen LogP contribution >= 0.6 is 38.9 Å². The second-order valence-electron chi connectivity index (χ2n) is 10.1. The third-order valence-electron chi connectivity index (χ3n) is 7.17. The summed E-state index contributed by atoms with van der Waals surface area (Å²) in [6.07, 6.45) is 1.76. The molecule has 0 fully saturated rings. The predicted molar refractivity (Wildman–Crippen MR) is 181 cm³/mol. The lowest BCUT2D eigenvalue weighted by molar-refractivity contribution is -0.139. The van der Waals surface area contributed by atoms with Crippen LogP contribution in [0.25, 0.3) is 6.08 Å². The SMILES string of the molecule is CCOC(=O)C1=C(C)N=c2s/c(=C\c3cc(Br)c(OCc4ccc(Cl)cc4)c(OC)c3)c(=O)n2[C@H]1c1ccc(OC)c(OCC)c1. The van der Waals surface area contributed by atoms with E-state index in [1.807, 2.05) is 31.2 Å². The van der Waals surface area contributed by atoms with Crippen LogP contribution in [0.4, 0.5) is 0 Å². The van der Waals surface area contributed by atoms with Crippen molar-refractivity contribution in [2.24, 2.45) is 4.99 Å². The lowest BCUT2D eigenvalue weighted by Crippen LogP contribution is -2.40. The molecule has 0 aliphatic carbocycles. The number of rotatable bonds is 11. The van der Waals surface area contributed by atoms with Crippen LogP contribution in [0, 0.1) is 0 Å². The van der Waals surface area contributed by atoms with Gasteiger partial charge in [0.25, 0.3) is 5.56 Å². The number of halogens is 2. The minimum absolute atomic E-state index is 0.176. The van der Waals surface area contributed by atoms with Crippen LogP contribution in [0.15, 0.2) is 80.1 Å². The van der Waals surface area contributed by atoms with Crippen molar-refractivity contribution in [1.82, 2.24) is 4.57 Å². The van der Waals surface area contributed by atoms with Crippen molar-refractivity contribution >= 4 is 50.9 Å². The summed E-state index contributed by atoms with van der Waals surface area (Å²) in [7, 11) is 3.11. The second kappa shape index (κ2) is 14.6. The third kappa shape index (κ3) is 6.86. The molecular weight excluding hydrogens is 696 g/mol. The molecule has 9 nitrogen and oxygen atoms in total. The van der Waals surface area contributed by atoms with Gasteiger partial charge in [-0.1, -0.05) is 41.1 Å². The Labute approximate surface area is 283 Å². The highest BCUT2D eigenvalue weighted by Gasteiger charge is 2.34. The average molecular weight is 728 g/mol. The number of thiazole rings is 1. The molecule has 5 rings (SSSR count). The fraction of sp³-hybridized carbons (Fsp3) is 0.265. The number of nitrogens with zero attached hydrogens (tertiary/aromatic N) is 2. The number of methoxy groups -OCH3 is 2. The van der Waals surface area contributed by atoms with Gasteiger partial charge in [0.1, 0.15) is 6.61 Å². The summed E-state index contributed by atoms with van der Waals surface area (Å²) in [6.45, 7) is 6.24. The maximum atomic E-state index is 14.1. The van der Waals surface area contributed by atoms with Crippen LogP contribution in [0.2, 0.25) is 5.02 Å². The highest BCUT2D eigenvalue weighted by Crippen LogP contribution is 2.38. The number of fused-ring (bicyclic) bond motifs is 1.